The lowest BCUT2D eigenvalue weighted by atomic mass is 9.44. The van der Waals surface area contributed by atoms with Crippen LogP contribution < -0.4 is 0 Å². The van der Waals surface area contributed by atoms with E-state index in [9.17, 15) is 15.3 Å². The molecule has 0 aromatic carbocycles. The molecular weight excluding hydrogens is 288 g/mol. The van der Waals surface area contributed by atoms with Crippen molar-refractivity contribution in [2.75, 3.05) is 0 Å². The molecule has 9 unspecified atom stereocenters. The molecule has 9 atom stereocenters. The zero-order chi connectivity index (χ0) is 16.6. The predicted octanol–water partition coefficient (Wildman–Crippen LogP) is 3.11. The van der Waals surface area contributed by atoms with Crippen LogP contribution in [0.4, 0.5) is 0 Å². The lowest BCUT2D eigenvalue weighted by Gasteiger charge is -2.62. The van der Waals surface area contributed by atoms with Gasteiger partial charge in [-0.1, -0.05) is 13.8 Å². The normalized spacial score (nSPS) is 62.3. The first-order valence-corrected chi connectivity index (χ1v) is 9.78. The standard InChI is InChI=1S/C20H34O3/c1-18-8-6-13(21)10-12(18)4-5-14-15-7-9-19(2,23)20(15,3)17(22)11-16(14)18/h12-17,21-23H,4-11H2,1-3H3. The molecule has 0 bridgehead atoms. The minimum Gasteiger partial charge on any atom is -0.393 e. The molecule has 3 N–H and O–H groups in total. The summed E-state index contributed by atoms with van der Waals surface area (Å²) in [5, 5.41) is 32.1. The van der Waals surface area contributed by atoms with Crippen molar-refractivity contribution < 1.29 is 15.3 Å². The van der Waals surface area contributed by atoms with Crippen molar-refractivity contribution >= 4 is 0 Å². The van der Waals surface area contributed by atoms with Gasteiger partial charge in [-0.2, -0.15) is 0 Å². The summed E-state index contributed by atoms with van der Waals surface area (Å²) in [6, 6.07) is 0. The Bertz CT molecular complexity index is 489. The smallest absolute Gasteiger partial charge is 0.0700 e. The van der Waals surface area contributed by atoms with E-state index in [1.54, 1.807) is 0 Å². The fraction of sp³-hybridized carbons (Fsp3) is 1.00. The van der Waals surface area contributed by atoms with E-state index in [1.165, 1.54) is 12.8 Å². The highest BCUT2D eigenvalue weighted by Gasteiger charge is 2.66. The van der Waals surface area contributed by atoms with Gasteiger partial charge in [-0.05, 0) is 87.4 Å². The second-order valence-corrected chi connectivity index (χ2v) is 9.93. The number of hydrogen-bond donors (Lipinski definition) is 3. The Kier molecular flexibility index (Phi) is 3.52. The molecule has 0 spiro atoms. The molecule has 0 aliphatic heterocycles. The second-order valence-electron chi connectivity index (χ2n) is 9.93. The van der Waals surface area contributed by atoms with Crippen LogP contribution in [0.1, 0.15) is 72.1 Å². The molecule has 0 aromatic rings. The van der Waals surface area contributed by atoms with Crippen LogP contribution in [0.2, 0.25) is 0 Å². The van der Waals surface area contributed by atoms with Gasteiger partial charge >= 0.3 is 0 Å². The third kappa shape index (κ3) is 1.99. The lowest BCUT2D eigenvalue weighted by molar-refractivity contribution is -0.202. The van der Waals surface area contributed by atoms with Crippen molar-refractivity contribution in [1.82, 2.24) is 0 Å². The van der Waals surface area contributed by atoms with Crippen LogP contribution in [0.15, 0.2) is 0 Å². The zero-order valence-electron chi connectivity index (χ0n) is 15.0. The summed E-state index contributed by atoms with van der Waals surface area (Å²) in [5.41, 5.74) is -0.799. The Labute approximate surface area is 140 Å². The maximum atomic E-state index is 11.1. The van der Waals surface area contributed by atoms with Gasteiger partial charge in [0.15, 0.2) is 0 Å². The first-order chi connectivity index (χ1) is 10.7. The fourth-order valence-electron chi connectivity index (χ4n) is 7.50. The van der Waals surface area contributed by atoms with Gasteiger partial charge in [-0.15, -0.1) is 0 Å². The Morgan fingerprint density at radius 2 is 1.57 bits per heavy atom. The van der Waals surface area contributed by atoms with Gasteiger partial charge < -0.3 is 15.3 Å². The Balaban J connectivity index is 1.68. The van der Waals surface area contributed by atoms with E-state index in [-0.39, 0.29) is 16.9 Å². The van der Waals surface area contributed by atoms with E-state index in [0.717, 1.165) is 38.5 Å². The van der Waals surface area contributed by atoms with Crippen LogP contribution in [0.25, 0.3) is 0 Å². The minimum absolute atomic E-state index is 0.115. The molecule has 3 heteroatoms. The molecule has 4 aliphatic carbocycles. The monoisotopic (exact) mass is 322 g/mol. The fourth-order valence-corrected chi connectivity index (χ4v) is 7.50. The maximum Gasteiger partial charge on any atom is 0.0700 e. The van der Waals surface area contributed by atoms with Gasteiger partial charge in [-0.3, -0.25) is 0 Å². The zero-order valence-corrected chi connectivity index (χ0v) is 15.0. The van der Waals surface area contributed by atoms with Crippen LogP contribution in [0.5, 0.6) is 0 Å². The van der Waals surface area contributed by atoms with Crippen molar-refractivity contribution in [3.8, 4) is 0 Å². The van der Waals surface area contributed by atoms with Crippen molar-refractivity contribution in [2.45, 2.75) is 89.9 Å². The van der Waals surface area contributed by atoms with E-state index < -0.39 is 11.7 Å². The van der Waals surface area contributed by atoms with Crippen molar-refractivity contribution in [3.63, 3.8) is 0 Å². The summed E-state index contributed by atoms with van der Waals surface area (Å²) in [6.45, 7) is 6.52. The number of rotatable bonds is 0. The van der Waals surface area contributed by atoms with Gasteiger partial charge in [0.1, 0.15) is 0 Å². The number of hydrogen-bond acceptors (Lipinski definition) is 3. The van der Waals surface area contributed by atoms with Gasteiger partial charge in [0.05, 0.1) is 17.8 Å². The summed E-state index contributed by atoms with van der Waals surface area (Å²) >= 11 is 0. The third-order valence-electron chi connectivity index (χ3n) is 9.28. The molecule has 3 nitrogen and oxygen atoms in total. The van der Waals surface area contributed by atoms with Crippen LogP contribution in [0, 0.1) is 34.5 Å². The highest BCUT2D eigenvalue weighted by Crippen LogP contribution is 2.68. The molecule has 0 aromatic heterocycles. The molecule has 0 amide bonds. The first kappa shape index (κ1) is 16.4. The quantitative estimate of drug-likeness (QED) is 0.642. The number of aliphatic hydroxyl groups is 3. The molecule has 4 rings (SSSR count). The Morgan fingerprint density at radius 1 is 0.826 bits per heavy atom. The first-order valence-electron chi connectivity index (χ1n) is 9.78. The van der Waals surface area contributed by atoms with E-state index in [4.69, 9.17) is 0 Å². The second kappa shape index (κ2) is 4.95. The topological polar surface area (TPSA) is 60.7 Å². The largest absolute Gasteiger partial charge is 0.393 e. The summed E-state index contributed by atoms with van der Waals surface area (Å²) in [7, 11) is 0. The summed E-state index contributed by atoms with van der Waals surface area (Å²) in [4.78, 5) is 0. The van der Waals surface area contributed by atoms with Crippen LogP contribution in [0.3, 0.4) is 0 Å². The van der Waals surface area contributed by atoms with E-state index in [2.05, 4.69) is 13.8 Å². The van der Waals surface area contributed by atoms with E-state index >= 15 is 0 Å². The molecule has 132 valence electrons. The molecule has 4 aliphatic rings. The molecule has 0 heterocycles. The Morgan fingerprint density at radius 3 is 2.30 bits per heavy atom. The van der Waals surface area contributed by atoms with Gasteiger partial charge in [0.25, 0.3) is 0 Å². The number of fused-ring (bicyclic) bond motifs is 5. The molecule has 4 fully saturated rings. The van der Waals surface area contributed by atoms with Gasteiger partial charge in [0, 0.05) is 5.41 Å². The predicted molar refractivity (Wildman–Crippen MR) is 89.7 cm³/mol. The SMILES string of the molecule is CC12CCC(O)CC1CCC1C2CC(O)C2(C)C1CCC2(C)O. The van der Waals surface area contributed by atoms with E-state index in [1.807, 2.05) is 6.92 Å². The highest BCUT2D eigenvalue weighted by atomic mass is 16.3. The van der Waals surface area contributed by atoms with Crippen LogP contribution in [-0.4, -0.2) is 33.1 Å². The summed E-state index contributed by atoms with van der Waals surface area (Å²) in [6.07, 6.45) is 7.65. The molecule has 23 heavy (non-hydrogen) atoms. The van der Waals surface area contributed by atoms with Gasteiger partial charge in [-0.25, -0.2) is 0 Å². The minimum atomic E-state index is -0.734. The molecule has 4 saturated carbocycles. The third-order valence-corrected chi connectivity index (χ3v) is 9.28. The number of aliphatic hydroxyl groups excluding tert-OH is 2. The van der Waals surface area contributed by atoms with E-state index in [0.29, 0.717) is 23.7 Å². The molecule has 0 radical (unpaired) electrons. The highest BCUT2D eigenvalue weighted by molar-refractivity contribution is 5.15. The van der Waals surface area contributed by atoms with Gasteiger partial charge in [0.2, 0.25) is 0 Å². The van der Waals surface area contributed by atoms with Crippen molar-refractivity contribution in [1.29, 1.82) is 0 Å². The van der Waals surface area contributed by atoms with Crippen LogP contribution >= 0.6 is 0 Å². The average Bonchev–Trinajstić information content (AvgIpc) is 2.73. The summed E-state index contributed by atoms with van der Waals surface area (Å²) in [5.74, 6) is 2.28. The maximum absolute atomic E-state index is 11.1. The molecule has 0 saturated heterocycles. The van der Waals surface area contributed by atoms with Crippen molar-refractivity contribution in [2.24, 2.45) is 34.5 Å². The average molecular weight is 322 g/mol. The van der Waals surface area contributed by atoms with Crippen molar-refractivity contribution in [3.05, 3.63) is 0 Å². The summed E-state index contributed by atoms with van der Waals surface area (Å²) < 4.78 is 0. The van der Waals surface area contributed by atoms with Crippen LogP contribution in [-0.2, 0) is 0 Å². The molecular formula is C20H34O3. The lowest BCUT2D eigenvalue weighted by Crippen LogP contribution is -2.61. The Hall–Kier alpha value is -0.120.